The van der Waals surface area contributed by atoms with Gasteiger partial charge in [-0.2, -0.15) is 0 Å². The molecule has 1 heterocycles. The fourth-order valence-corrected chi connectivity index (χ4v) is 2.53. The maximum Gasteiger partial charge on any atom is 0.180 e. The van der Waals surface area contributed by atoms with Gasteiger partial charge in [0.1, 0.15) is 0 Å². The number of aromatic nitrogens is 1. The van der Waals surface area contributed by atoms with Crippen LogP contribution >= 0.6 is 11.3 Å². The van der Waals surface area contributed by atoms with Gasteiger partial charge in [0.15, 0.2) is 5.13 Å². The van der Waals surface area contributed by atoms with Gasteiger partial charge in [0.2, 0.25) is 0 Å². The van der Waals surface area contributed by atoms with E-state index >= 15 is 0 Å². The number of rotatable bonds is 1. The molecule has 0 radical (unpaired) electrons. The van der Waals surface area contributed by atoms with Crippen molar-refractivity contribution in [2.24, 2.45) is 0 Å². The first-order valence-corrected chi connectivity index (χ1v) is 5.45. The van der Waals surface area contributed by atoms with Crippen molar-refractivity contribution in [1.82, 2.24) is 4.98 Å². The molecule has 0 aliphatic heterocycles. The fourth-order valence-electron chi connectivity index (χ4n) is 1.89. The minimum Gasteiger partial charge on any atom is -0.375 e. The second-order valence-corrected chi connectivity index (χ2v) is 4.34. The molecule has 0 atom stereocenters. The molecule has 1 aromatic rings. The highest BCUT2D eigenvalue weighted by molar-refractivity contribution is 7.13. The summed E-state index contributed by atoms with van der Waals surface area (Å²) in [5.41, 5.74) is 6.83. The number of hydrogen-bond acceptors (Lipinski definition) is 3. The topological polar surface area (TPSA) is 38.9 Å². The molecule has 2 nitrogen and oxygen atoms in total. The molecule has 0 aromatic carbocycles. The van der Waals surface area contributed by atoms with Crippen LogP contribution in [0.25, 0.3) is 0 Å². The van der Waals surface area contributed by atoms with Crippen LogP contribution in [0.3, 0.4) is 0 Å². The molecule has 2 N–H and O–H groups in total. The quantitative estimate of drug-likeness (QED) is 0.725. The van der Waals surface area contributed by atoms with E-state index in [2.05, 4.69) is 10.4 Å². The SMILES string of the molecule is Nc1nc(C2CCCCC2)cs1. The van der Waals surface area contributed by atoms with Gasteiger partial charge in [0.05, 0.1) is 5.69 Å². The molecule has 3 heteroatoms. The molecule has 1 aromatic heterocycles. The zero-order valence-electron chi connectivity index (χ0n) is 7.12. The second-order valence-electron chi connectivity index (χ2n) is 3.45. The van der Waals surface area contributed by atoms with Gasteiger partial charge in [-0.25, -0.2) is 4.98 Å². The molecule has 0 unspecified atom stereocenters. The lowest BCUT2D eigenvalue weighted by molar-refractivity contribution is 0.438. The van der Waals surface area contributed by atoms with Crippen LogP contribution in [0.5, 0.6) is 0 Å². The van der Waals surface area contributed by atoms with Crippen molar-refractivity contribution < 1.29 is 0 Å². The van der Waals surface area contributed by atoms with E-state index in [0.717, 1.165) is 5.13 Å². The normalized spacial score (nSPS) is 19.7. The van der Waals surface area contributed by atoms with Crippen molar-refractivity contribution in [3.63, 3.8) is 0 Å². The second kappa shape index (κ2) is 3.44. The Kier molecular flexibility index (Phi) is 2.30. The lowest BCUT2D eigenvalue weighted by Gasteiger charge is -2.19. The largest absolute Gasteiger partial charge is 0.375 e. The molecule has 2 rings (SSSR count). The van der Waals surface area contributed by atoms with E-state index in [4.69, 9.17) is 5.73 Å². The lowest BCUT2D eigenvalue weighted by atomic mass is 9.87. The van der Waals surface area contributed by atoms with Crippen molar-refractivity contribution >= 4 is 16.5 Å². The molecule has 1 saturated carbocycles. The number of hydrogen-bond donors (Lipinski definition) is 1. The van der Waals surface area contributed by atoms with E-state index in [-0.39, 0.29) is 0 Å². The summed E-state index contributed by atoms with van der Waals surface area (Å²) in [7, 11) is 0. The Morgan fingerprint density at radius 1 is 1.33 bits per heavy atom. The summed E-state index contributed by atoms with van der Waals surface area (Å²) >= 11 is 1.56. The maximum absolute atomic E-state index is 5.59. The van der Waals surface area contributed by atoms with Gasteiger partial charge >= 0.3 is 0 Å². The summed E-state index contributed by atoms with van der Waals surface area (Å²) in [6.45, 7) is 0. The standard InChI is InChI=1S/C9H14N2S/c10-9-11-8(6-12-9)7-4-2-1-3-5-7/h6-7H,1-5H2,(H2,10,11). The Morgan fingerprint density at radius 3 is 2.67 bits per heavy atom. The first kappa shape index (κ1) is 8.05. The molecule has 1 aliphatic carbocycles. The molecular formula is C9H14N2S. The van der Waals surface area contributed by atoms with E-state index in [9.17, 15) is 0 Å². The van der Waals surface area contributed by atoms with Gasteiger partial charge < -0.3 is 5.73 Å². The van der Waals surface area contributed by atoms with Gasteiger partial charge in [0.25, 0.3) is 0 Å². The number of nitrogens with zero attached hydrogens (tertiary/aromatic N) is 1. The zero-order chi connectivity index (χ0) is 8.39. The van der Waals surface area contributed by atoms with Crippen LogP contribution in [0.2, 0.25) is 0 Å². The summed E-state index contributed by atoms with van der Waals surface area (Å²) < 4.78 is 0. The Bertz CT molecular complexity index is 251. The van der Waals surface area contributed by atoms with Crippen molar-refractivity contribution in [1.29, 1.82) is 0 Å². The van der Waals surface area contributed by atoms with Crippen LogP contribution < -0.4 is 5.73 Å². The van der Waals surface area contributed by atoms with Gasteiger partial charge in [0, 0.05) is 11.3 Å². The van der Waals surface area contributed by atoms with E-state index in [1.165, 1.54) is 37.8 Å². The predicted octanol–water partition coefficient (Wildman–Crippen LogP) is 2.77. The Hall–Kier alpha value is -0.570. The first-order chi connectivity index (χ1) is 5.86. The Balaban J connectivity index is 2.08. The third-order valence-electron chi connectivity index (χ3n) is 2.56. The first-order valence-electron chi connectivity index (χ1n) is 4.57. The van der Waals surface area contributed by atoms with Crippen LogP contribution in [0, 0.1) is 0 Å². The number of nitrogen functional groups attached to an aromatic ring is 1. The summed E-state index contributed by atoms with van der Waals surface area (Å²) in [5.74, 6) is 0.701. The van der Waals surface area contributed by atoms with E-state index < -0.39 is 0 Å². The molecule has 0 bridgehead atoms. The molecule has 0 amide bonds. The van der Waals surface area contributed by atoms with E-state index in [0.29, 0.717) is 5.92 Å². The van der Waals surface area contributed by atoms with Gasteiger partial charge in [-0.15, -0.1) is 11.3 Å². The molecular weight excluding hydrogens is 168 g/mol. The van der Waals surface area contributed by atoms with Gasteiger partial charge in [-0.1, -0.05) is 19.3 Å². The minimum absolute atomic E-state index is 0.701. The van der Waals surface area contributed by atoms with E-state index in [1.807, 2.05) is 0 Å². The van der Waals surface area contributed by atoms with Crippen LogP contribution in [-0.4, -0.2) is 4.98 Å². The lowest BCUT2D eigenvalue weighted by Crippen LogP contribution is -2.04. The van der Waals surface area contributed by atoms with Crippen molar-refractivity contribution in [3.8, 4) is 0 Å². The predicted molar refractivity (Wildman–Crippen MR) is 52.4 cm³/mol. The molecule has 12 heavy (non-hydrogen) atoms. The van der Waals surface area contributed by atoms with Gasteiger partial charge in [-0.05, 0) is 12.8 Å². The summed E-state index contributed by atoms with van der Waals surface area (Å²) in [5, 5.41) is 2.83. The van der Waals surface area contributed by atoms with Crippen LogP contribution in [0.4, 0.5) is 5.13 Å². The minimum atomic E-state index is 0.701. The van der Waals surface area contributed by atoms with Gasteiger partial charge in [-0.3, -0.25) is 0 Å². The number of thiazole rings is 1. The summed E-state index contributed by atoms with van der Waals surface area (Å²) in [4.78, 5) is 4.33. The number of anilines is 1. The van der Waals surface area contributed by atoms with Crippen molar-refractivity contribution in [3.05, 3.63) is 11.1 Å². The van der Waals surface area contributed by atoms with E-state index in [1.54, 1.807) is 11.3 Å². The summed E-state index contributed by atoms with van der Waals surface area (Å²) in [6, 6.07) is 0. The molecule has 0 saturated heterocycles. The third kappa shape index (κ3) is 1.61. The zero-order valence-corrected chi connectivity index (χ0v) is 7.94. The third-order valence-corrected chi connectivity index (χ3v) is 3.26. The van der Waals surface area contributed by atoms with Crippen molar-refractivity contribution in [2.75, 3.05) is 5.73 Å². The van der Waals surface area contributed by atoms with Crippen molar-refractivity contribution in [2.45, 2.75) is 38.0 Å². The Morgan fingerprint density at radius 2 is 2.08 bits per heavy atom. The molecule has 66 valence electrons. The number of nitrogens with two attached hydrogens (primary N) is 1. The summed E-state index contributed by atoms with van der Waals surface area (Å²) in [6.07, 6.45) is 6.74. The highest BCUT2D eigenvalue weighted by atomic mass is 32.1. The molecule has 0 spiro atoms. The van der Waals surface area contributed by atoms with Crippen LogP contribution in [0.15, 0.2) is 5.38 Å². The highest BCUT2D eigenvalue weighted by Crippen LogP contribution is 2.33. The molecule has 1 fully saturated rings. The smallest absolute Gasteiger partial charge is 0.180 e. The maximum atomic E-state index is 5.59. The average Bonchev–Trinajstić information content (AvgIpc) is 2.54. The van der Waals surface area contributed by atoms with Crippen LogP contribution in [0.1, 0.15) is 43.7 Å². The average molecular weight is 182 g/mol. The molecule has 1 aliphatic rings. The Labute approximate surface area is 76.8 Å². The monoisotopic (exact) mass is 182 g/mol. The van der Waals surface area contributed by atoms with Crippen LogP contribution in [-0.2, 0) is 0 Å². The highest BCUT2D eigenvalue weighted by Gasteiger charge is 2.17. The fraction of sp³-hybridized carbons (Fsp3) is 0.667.